The third kappa shape index (κ3) is 2.42. The van der Waals surface area contributed by atoms with Gasteiger partial charge in [0, 0.05) is 18.4 Å². The maximum atomic E-state index is 5.78. The number of rotatable bonds is 4. The summed E-state index contributed by atoms with van der Waals surface area (Å²) in [7, 11) is 1.65. The first-order chi connectivity index (χ1) is 8.22. The van der Waals surface area contributed by atoms with E-state index in [4.69, 9.17) is 10.5 Å². The van der Waals surface area contributed by atoms with Gasteiger partial charge in [0.25, 0.3) is 0 Å². The number of nitrogen functional groups attached to an aromatic ring is 1. The first kappa shape index (κ1) is 11.5. The van der Waals surface area contributed by atoms with Crippen LogP contribution in [0.1, 0.15) is 5.56 Å². The van der Waals surface area contributed by atoms with Crippen molar-refractivity contribution < 1.29 is 4.74 Å². The summed E-state index contributed by atoms with van der Waals surface area (Å²) in [6.45, 7) is 3.16. The van der Waals surface area contributed by atoms with Gasteiger partial charge in [0.2, 0.25) is 0 Å². The van der Waals surface area contributed by atoms with Gasteiger partial charge in [0.05, 0.1) is 13.2 Å². The molecule has 0 fully saturated rings. The number of anilines is 1. The lowest BCUT2D eigenvalue weighted by Crippen LogP contribution is -2.08. The Morgan fingerprint density at radius 3 is 2.94 bits per heavy atom. The Labute approximate surface area is 99.4 Å². The predicted molar refractivity (Wildman–Crippen MR) is 64.3 cm³/mol. The maximum absolute atomic E-state index is 5.78. The van der Waals surface area contributed by atoms with Crippen molar-refractivity contribution in [3.63, 3.8) is 0 Å². The number of tetrazole rings is 1. The molecule has 0 atom stereocenters. The number of nitrogens with two attached hydrogens (primary N) is 1. The molecule has 0 aliphatic heterocycles. The highest BCUT2D eigenvalue weighted by atomic mass is 16.5. The normalized spacial score (nSPS) is 10.7. The highest BCUT2D eigenvalue weighted by Gasteiger charge is 2.09. The Morgan fingerprint density at radius 2 is 2.24 bits per heavy atom. The molecule has 0 radical (unpaired) electrons. The number of hydrogen-bond acceptors (Lipinski definition) is 5. The minimum Gasteiger partial charge on any atom is -0.399 e. The van der Waals surface area contributed by atoms with Crippen LogP contribution in [0.2, 0.25) is 0 Å². The van der Waals surface area contributed by atoms with Gasteiger partial charge in [0.1, 0.15) is 0 Å². The number of nitrogens with zero attached hydrogens (tertiary/aromatic N) is 4. The Balaban J connectivity index is 2.32. The molecular weight excluding hydrogens is 218 g/mol. The number of ether oxygens (including phenoxy) is 1. The molecule has 0 spiro atoms. The van der Waals surface area contributed by atoms with Crippen LogP contribution in [0.15, 0.2) is 18.2 Å². The minimum absolute atomic E-state index is 0.575. The molecule has 0 bridgehead atoms. The quantitative estimate of drug-likeness (QED) is 0.793. The largest absolute Gasteiger partial charge is 0.399 e. The lowest BCUT2D eigenvalue weighted by atomic mass is 10.1. The summed E-state index contributed by atoms with van der Waals surface area (Å²) >= 11 is 0. The van der Waals surface area contributed by atoms with Gasteiger partial charge in [0.15, 0.2) is 5.82 Å². The molecule has 90 valence electrons. The summed E-state index contributed by atoms with van der Waals surface area (Å²) in [4.78, 5) is 0. The number of hydrogen-bond donors (Lipinski definition) is 1. The summed E-state index contributed by atoms with van der Waals surface area (Å²) in [6, 6.07) is 5.75. The Morgan fingerprint density at radius 1 is 1.41 bits per heavy atom. The second-order valence-electron chi connectivity index (χ2n) is 3.79. The van der Waals surface area contributed by atoms with Crippen molar-refractivity contribution in [1.29, 1.82) is 0 Å². The monoisotopic (exact) mass is 233 g/mol. The molecule has 0 aliphatic carbocycles. The van der Waals surface area contributed by atoms with Crippen LogP contribution in [0.3, 0.4) is 0 Å². The molecule has 1 aromatic carbocycles. The van der Waals surface area contributed by atoms with E-state index >= 15 is 0 Å². The second kappa shape index (κ2) is 4.92. The van der Waals surface area contributed by atoms with Crippen molar-refractivity contribution in [3.05, 3.63) is 23.8 Å². The summed E-state index contributed by atoms with van der Waals surface area (Å²) in [5, 5.41) is 11.6. The fourth-order valence-electron chi connectivity index (χ4n) is 1.55. The fourth-order valence-corrected chi connectivity index (χ4v) is 1.55. The van der Waals surface area contributed by atoms with Crippen molar-refractivity contribution in [1.82, 2.24) is 20.2 Å². The van der Waals surface area contributed by atoms with Crippen LogP contribution in [-0.2, 0) is 11.3 Å². The molecule has 2 rings (SSSR count). The standard InChI is InChI=1S/C11H15N5O/c1-8-7-9(3-4-10(8)12)11-13-14-15-16(11)5-6-17-2/h3-4,7H,5-6,12H2,1-2H3. The van der Waals surface area contributed by atoms with E-state index in [2.05, 4.69) is 15.5 Å². The minimum atomic E-state index is 0.575. The molecule has 6 nitrogen and oxygen atoms in total. The predicted octanol–water partition coefficient (Wildman–Crippen LogP) is 0.877. The average molecular weight is 233 g/mol. The van der Waals surface area contributed by atoms with Gasteiger partial charge >= 0.3 is 0 Å². The highest BCUT2D eigenvalue weighted by Crippen LogP contribution is 2.20. The van der Waals surface area contributed by atoms with Crippen LogP contribution in [0.4, 0.5) is 5.69 Å². The van der Waals surface area contributed by atoms with Crippen LogP contribution in [0.5, 0.6) is 0 Å². The Bertz CT molecular complexity index is 508. The van der Waals surface area contributed by atoms with E-state index < -0.39 is 0 Å². The van der Waals surface area contributed by atoms with Gasteiger partial charge in [-0.3, -0.25) is 0 Å². The first-order valence-corrected chi connectivity index (χ1v) is 5.34. The number of methoxy groups -OCH3 is 1. The molecule has 1 aromatic heterocycles. The molecule has 17 heavy (non-hydrogen) atoms. The van der Waals surface area contributed by atoms with Crippen molar-refractivity contribution in [2.45, 2.75) is 13.5 Å². The number of aryl methyl sites for hydroxylation is 1. The fraction of sp³-hybridized carbons (Fsp3) is 0.364. The SMILES string of the molecule is COCCn1nnnc1-c1ccc(N)c(C)c1. The Kier molecular flexibility index (Phi) is 3.34. The molecule has 0 unspecified atom stereocenters. The van der Waals surface area contributed by atoms with E-state index in [0.717, 1.165) is 22.6 Å². The zero-order chi connectivity index (χ0) is 12.3. The number of aromatic nitrogens is 4. The zero-order valence-corrected chi connectivity index (χ0v) is 9.92. The summed E-state index contributed by atoms with van der Waals surface area (Å²) in [5.41, 5.74) is 8.52. The van der Waals surface area contributed by atoms with Crippen molar-refractivity contribution in [3.8, 4) is 11.4 Å². The molecule has 0 saturated carbocycles. The summed E-state index contributed by atoms with van der Waals surface area (Å²) in [6.07, 6.45) is 0. The molecule has 6 heteroatoms. The molecule has 2 aromatic rings. The molecule has 0 aliphatic rings. The van der Waals surface area contributed by atoms with Crippen molar-refractivity contribution in [2.75, 3.05) is 19.5 Å². The van der Waals surface area contributed by atoms with Crippen molar-refractivity contribution >= 4 is 5.69 Å². The van der Waals surface area contributed by atoms with E-state index in [-0.39, 0.29) is 0 Å². The van der Waals surface area contributed by atoms with Crippen LogP contribution in [0.25, 0.3) is 11.4 Å². The van der Waals surface area contributed by atoms with Crippen LogP contribution in [-0.4, -0.2) is 33.9 Å². The smallest absolute Gasteiger partial charge is 0.182 e. The van der Waals surface area contributed by atoms with Gasteiger partial charge in [-0.1, -0.05) is 0 Å². The molecule has 0 saturated heterocycles. The third-order valence-corrected chi connectivity index (χ3v) is 2.57. The lowest BCUT2D eigenvalue weighted by molar-refractivity contribution is 0.183. The highest BCUT2D eigenvalue weighted by molar-refractivity contribution is 5.61. The maximum Gasteiger partial charge on any atom is 0.182 e. The van der Waals surface area contributed by atoms with E-state index in [1.54, 1.807) is 11.8 Å². The molecular formula is C11H15N5O. The summed E-state index contributed by atoms with van der Waals surface area (Å²) in [5.74, 6) is 0.727. The van der Waals surface area contributed by atoms with E-state index in [1.165, 1.54) is 0 Å². The average Bonchev–Trinajstić information content (AvgIpc) is 2.78. The van der Waals surface area contributed by atoms with E-state index in [0.29, 0.717) is 13.2 Å². The van der Waals surface area contributed by atoms with Gasteiger partial charge in [-0.05, 0) is 41.1 Å². The van der Waals surface area contributed by atoms with Crippen LogP contribution < -0.4 is 5.73 Å². The van der Waals surface area contributed by atoms with Crippen molar-refractivity contribution in [2.24, 2.45) is 0 Å². The topological polar surface area (TPSA) is 78.8 Å². The molecule has 0 amide bonds. The zero-order valence-electron chi connectivity index (χ0n) is 9.92. The lowest BCUT2D eigenvalue weighted by Gasteiger charge is -2.06. The second-order valence-corrected chi connectivity index (χ2v) is 3.79. The molecule has 2 N–H and O–H groups in total. The first-order valence-electron chi connectivity index (χ1n) is 5.34. The van der Waals surface area contributed by atoms with Crippen LogP contribution >= 0.6 is 0 Å². The number of benzene rings is 1. The van der Waals surface area contributed by atoms with Crippen LogP contribution in [0, 0.1) is 6.92 Å². The summed E-state index contributed by atoms with van der Waals surface area (Å²) < 4.78 is 6.73. The molecule has 1 heterocycles. The third-order valence-electron chi connectivity index (χ3n) is 2.57. The van der Waals surface area contributed by atoms with E-state index in [1.807, 2.05) is 25.1 Å². The van der Waals surface area contributed by atoms with Gasteiger partial charge in [-0.2, -0.15) is 0 Å². The van der Waals surface area contributed by atoms with Gasteiger partial charge in [-0.15, -0.1) is 5.10 Å². The Hall–Kier alpha value is -1.95. The van der Waals surface area contributed by atoms with Gasteiger partial charge < -0.3 is 10.5 Å². The van der Waals surface area contributed by atoms with E-state index in [9.17, 15) is 0 Å². The van der Waals surface area contributed by atoms with Gasteiger partial charge in [-0.25, -0.2) is 4.68 Å².